The van der Waals surface area contributed by atoms with Crippen LogP contribution >= 0.6 is 0 Å². The number of halogens is 4. The standard InChI is InChI=1S/C20H21F4N3O4/c21-19(22)31-13-4-3-12(7-14(13)29-9-11-1-2-11)17-26-16(15(8-25)30-17)18(28)27-6-5-20(23,24)10-27/h3-4,7,11,19H,1-2,5-6,8-10,25H2. The summed E-state index contributed by atoms with van der Waals surface area (Å²) in [6.45, 7) is -3.64. The quantitative estimate of drug-likeness (QED) is 0.626. The molecular formula is C20H21F4N3O4. The maximum absolute atomic E-state index is 13.5. The van der Waals surface area contributed by atoms with Crippen molar-refractivity contribution in [3.63, 3.8) is 0 Å². The first-order valence-electron chi connectivity index (χ1n) is 9.84. The number of rotatable bonds is 8. The first kappa shape index (κ1) is 21.4. The second-order valence-electron chi connectivity index (χ2n) is 7.62. The van der Waals surface area contributed by atoms with Gasteiger partial charge in [0.15, 0.2) is 23.0 Å². The van der Waals surface area contributed by atoms with Gasteiger partial charge in [-0.05, 0) is 37.0 Å². The Morgan fingerprint density at radius 1 is 1.32 bits per heavy atom. The van der Waals surface area contributed by atoms with E-state index in [4.69, 9.17) is 14.9 Å². The third-order valence-corrected chi connectivity index (χ3v) is 5.12. The lowest BCUT2D eigenvalue weighted by atomic mass is 10.2. The van der Waals surface area contributed by atoms with Crippen molar-refractivity contribution < 1.29 is 36.2 Å². The molecule has 0 atom stereocenters. The van der Waals surface area contributed by atoms with E-state index in [1.807, 2.05) is 0 Å². The number of aromatic nitrogens is 1. The van der Waals surface area contributed by atoms with Crippen LogP contribution in [0.25, 0.3) is 11.5 Å². The molecule has 0 radical (unpaired) electrons. The lowest BCUT2D eigenvalue weighted by molar-refractivity contribution is -0.0515. The molecule has 11 heteroatoms. The molecule has 168 valence electrons. The molecule has 1 saturated carbocycles. The predicted octanol–water partition coefficient (Wildman–Crippen LogP) is 3.67. The molecule has 2 aromatic rings. The Hall–Kier alpha value is -2.82. The second-order valence-corrected chi connectivity index (χ2v) is 7.62. The van der Waals surface area contributed by atoms with Gasteiger partial charge in [-0.2, -0.15) is 8.78 Å². The van der Waals surface area contributed by atoms with E-state index in [-0.39, 0.29) is 41.9 Å². The molecule has 2 N–H and O–H groups in total. The van der Waals surface area contributed by atoms with Crippen molar-refractivity contribution in [3.05, 3.63) is 29.7 Å². The summed E-state index contributed by atoms with van der Waals surface area (Å²) in [7, 11) is 0. The van der Waals surface area contributed by atoms with Gasteiger partial charge >= 0.3 is 6.61 Å². The summed E-state index contributed by atoms with van der Waals surface area (Å²) in [5.41, 5.74) is 5.84. The second kappa shape index (κ2) is 8.37. The van der Waals surface area contributed by atoms with Gasteiger partial charge < -0.3 is 24.5 Å². The number of likely N-dealkylation sites (tertiary alicyclic amines) is 1. The van der Waals surface area contributed by atoms with E-state index >= 15 is 0 Å². The van der Waals surface area contributed by atoms with Gasteiger partial charge in [0.05, 0.1) is 19.7 Å². The Bertz CT molecular complexity index is 962. The molecule has 1 aromatic carbocycles. The van der Waals surface area contributed by atoms with E-state index < -0.39 is 31.4 Å². The smallest absolute Gasteiger partial charge is 0.387 e. The van der Waals surface area contributed by atoms with Crippen molar-refractivity contribution >= 4 is 5.91 Å². The van der Waals surface area contributed by atoms with Crippen LogP contribution in [0.3, 0.4) is 0 Å². The Morgan fingerprint density at radius 2 is 2.10 bits per heavy atom. The monoisotopic (exact) mass is 443 g/mol. The van der Waals surface area contributed by atoms with Gasteiger partial charge in [-0.15, -0.1) is 0 Å². The number of ether oxygens (including phenoxy) is 2. The van der Waals surface area contributed by atoms with Crippen LogP contribution in [0.4, 0.5) is 17.6 Å². The van der Waals surface area contributed by atoms with E-state index in [0.29, 0.717) is 18.1 Å². The maximum Gasteiger partial charge on any atom is 0.387 e. The molecule has 7 nitrogen and oxygen atoms in total. The molecule has 0 spiro atoms. The highest BCUT2D eigenvalue weighted by Gasteiger charge is 2.41. The Morgan fingerprint density at radius 3 is 2.71 bits per heavy atom. The molecule has 4 rings (SSSR count). The average Bonchev–Trinajstić information content (AvgIpc) is 3.33. The SMILES string of the molecule is NCc1oc(-c2ccc(OC(F)F)c(OCC3CC3)c2)nc1C(=O)N1CCC(F)(F)C1. The number of carbonyl (C=O) groups is 1. The molecule has 1 saturated heterocycles. The molecule has 1 aliphatic heterocycles. The minimum absolute atomic E-state index is 0.00498. The summed E-state index contributed by atoms with van der Waals surface area (Å²) in [6, 6.07) is 4.13. The van der Waals surface area contributed by atoms with Gasteiger partial charge in [0.25, 0.3) is 11.8 Å². The summed E-state index contributed by atoms with van der Waals surface area (Å²) >= 11 is 0. The van der Waals surface area contributed by atoms with Gasteiger partial charge in [-0.25, -0.2) is 13.8 Å². The fourth-order valence-corrected chi connectivity index (χ4v) is 3.28. The first-order valence-corrected chi connectivity index (χ1v) is 9.84. The van der Waals surface area contributed by atoms with Gasteiger partial charge in [0.1, 0.15) is 0 Å². The van der Waals surface area contributed by atoms with Crippen LogP contribution in [-0.4, -0.2) is 48.0 Å². The van der Waals surface area contributed by atoms with Crippen molar-refractivity contribution in [2.75, 3.05) is 19.7 Å². The van der Waals surface area contributed by atoms with Crippen LogP contribution in [0.15, 0.2) is 22.6 Å². The zero-order valence-corrected chi connectivity index (χ0v) is 16.5. The minimum atomic E-state index is -3.03. The van der Waals surface area contributed by atoms with E-state index in [2.05, 4.69) is 9.72 Å². The third-order valence-electron chi connectivity index (χ3n) is 5.12. The number of benzene rings is 1. The normalized spacial score (nSPS) is 17.9. The molecule has 0 unspecified atom stereocenters. The van der Waals surface area contributed by atoms with Crippen molar-refractivity contribution in [3.8, 4) is 23.0 Å². The molecule has 1 aliphatic carbocycles. The zero-order chi connectivity index (χ0) is 22.2. The third kappa shape index (κ3) is 4.92. The number of nitrogens with two attached hydrogens (primary N) is 1. The fraction of sp³-hybridized carbons (Fsp3) is 0.500. The number of hydrogen-bond acceptors (Lipinski definition) is 6. The Kier molecular flexibility index (Phi) is 5.78. The number of hydrogen-bond donors (Lipinski definition) is 1. The summed E-state index contributed by atoms with van der Waals surface area (Å²) in [5.74, 6) is -3.28. The molecule has 2 fully saturated rings. The zero-order valence-electron chi connectivity index (χ0n) is 16.5. The highest BCUT2D eigenvalue weighted by molar-refractivity contribution is 5.94. The number of nitrogens with zero attached hydrogens (tertiary/aromatic N) is 2. The number of amides is 1. The maximum atomic E-state index is 13.5. The van der Waals surface area contributed by atoms with Gasteiger partial charge in [0, 0.05) is 18.5 Å². The molecule has 0 bridgehead atoms. The fourth-order valence-electron chi connectivity index (χ4n) is 3.28. The summed E-state index contributed by atoms with van der Waals surface area (Å²) in [4.78, 5) is 17.8. The van der Waals surface area contributed by atoms with Crippen LogP contribution in [0.5, 0.6) is 11.5 Å². The van der Waals surface area contributed by atoms with Crippen LogP contribution in [-0.2, 0) is 6.54 Å². The lowest BCUT2D eigenvalue weighted by Gasteiger charge is -2.14. The summed E-state index contributed by atoms with van der Waals surface area (Å²) in [6.07, 6.45) is 1.59. The molecule has 1 amide bonds. The molecule has 1 aromatic heterocycles. The minimum Gasteiger partial charge on any atom is -0.489 e. The summed E-state index contributed by atoms with van der Waals surface area (Å²) < 4.78 is 68.1. The lowest BCUT2D eigenvalue weighted by Crippen LogP contribution is -2.32. The molecular weight excluding hydrogens is 422 g/mol. The Labute approximate surface area is 175 Å². The number of oxazole rings is 1. The highest BCUT2D eigenvalue weighted by atomic mass is 19.3. The van der Waals surface area contributed by atoms with E-state index in [1.54, 1.807) is 0 Å². The largest absolute Gasteiger partial charge is 0.489 e. The molecule has 31 heavy (non-hydrogen) atoms. The van der Waals surface area contributed by atoms with Gasteiger partial charge in [-0.1, -0.05) is 0 Å². The topological polar surface area (TPSA) is 90.8 Å². The first-order chi connectivity index (χ1) is 14.8. The number of alkyl halides is 4. The van der Waals surface area contributed by atoms with Crippen LogP contribution in [0.1, 0.15) is 35.5 Å². The van der Waals surface area contributed by atoms with Crippen LogP contribution in [0, 0.1) is 5.92 Å². The van der Waals surface area contributed by atoms with Gasteiger partial charge in [-0.3, -0.25) is 4.79 Å². The highest BCUT2D eigenvalue weighted by Crippen LogP contribution is 2.37. The van der Waals surface area contributed by atoms with E-state index in [9.17, 15) is 22.4 Å². The van der Waals surface area contributed by atoms with E-state index in [0.717, 1.165) is 17.7 Å². The molecule has 2 heterocycles. The van der Waals surface area contributed by atoms with Crippen molar-refractivity contribution in [2.24, 2.45) is 11.7 Å². The Balaban J connectivity index is 1.61. The number of carbonyl (C=O) groups excluding carboxylic acids is 1. The predicted molar refractivity (Wildman–Crippen MR) is 100 cm³/mol. The summed E-state index contributed by atoms with van der Waals surface area (Å²) in [5, 5.41) is 0. The van der Waals surface area contributed by atoms with E-state index in [1.165, 1.54) is 18.2 Å². The van der Waals surface area contributed by atoms with Crippen LogP contribution < -0.4 is 15.2 Å². The average molecular weight is 443 g/mol. The van der Waals surface area contributed by atoms with Crippen molar-refractivity contribution in [1.82, 2.24) is 9.88 Å². The van der Waals surface area contributed by atoms with Gasteiger partial charge in [0.2, 0.25) is 5.89 Å². The van der Waals surface area contributed by atoms with Crippen molar-refractivity contribution in [1.29, 1.82) is 0 Å². The van der Waals surface area contributed by atoms with Crippen LogP contribution in [0.2, 0.25) is 0 Å². The molecule has 2 aliphatic rings. The van der Waals surface area contributed by atoms with Crippen molar-refractivity contribution in [2.45, 2.75) is 38.3 Å².